The van der Waals surface area contributed by atoms with Crippen LogP contribution in [0.5, 0.6) is 5.75 Å². The molecule has 0 radical (unpaired) electrons. The van der Waals surface area contributed by atoms with Crippen LogP contribution < -0.4 is 15.8 Å². The highest BCUT2D eigenvalue weighted by molar-refractivity contribution is 7.19. The molecule has 2 aromatic heterocycles. The first-order valence-corrected chi connectivity index (χ1v) is 7.39. The van der Waals surface area contributed by atoms with E-state index in [0.29, 0.717) is 35.1 Å². The van der Waals surface area contributed by atoms with Crippen LogP contribution >= 0.6 is 11.3 Å². The lowest BCUT2D eigenvalue weighted by Gasteiger charge is -2.12. The van der Waals surface area contributed by atoms with Crippen molar-refractivity contribution < 1.29 is 14.1 Å². The van der Waals surface area contributed by atoms with Gasteiger partial charge in [-0.05, 0) is 13.8 Å². The van der Waals surface area contributed by atoms with Gasteiger partial charge in [0.15, 0.2) is 17.4 Å². The normalized spacial score (nSPS) is 10.9. The standard InChI is InChI=1S/C13H18N4O3S/c1-7(2)20-11-10(14)12(8(3)18)21-13(11)15-5-4-9-16-6-19-17-9/h6-7,15H,4-5,14H2,1-3H3. The molecular weight excluding hydrogens is 292 g/mol. The third kappa shape index (κ3) is 3.72. The Morgan fingerprint density at radius 2 is 2.33 bits per heavy atom. The van der Waals surface area contributed by atoms with E-state index in [9.17, 15) is 4.79 Å². The van der Waals surface area contributed by atoms with Crippen molar-refractivity contribution in [3.8, 4) is 5.75 Å². The summed E-state index contributed by atoms with van der Waals surface area (Å²) in [5.41, 5.74) is 6.40. The van der Waals surface area contributed by atoms with Crippen molar-refractivity contribution in [3.05, 3.63) is 17.1 Å². The van der Waals surface area contributed by atoms with Crippen molar-refractivity contribution >= 4 is 27.8 Å². The van der Waals surface area contributed by atoms with Crippen LogP contribution in [-0.2, 0) is 6.42 Å². The Hall–Kier alpha value is -2.09. The quantitative estimate of drug-likeness (QED) is 0.756. The van der Waals surface area contributed by atoms with E-state index in [1.165, 1.54) is 24.7 Å². The van der Waals surface area contributed by atoms with E-state index in [1.54, 1.807) is 0 Å². The summed E-state index contributed by atoms with van der Waals surface area (Å²) in [6.07, 6.45) is 1.87. The third-order valence-corrected chi connectivity index (χ3v) is 3.86. The number of rotatable bonds is 7. The summed E-state index contributed by atoms with van der Waals surface area (Å²) in [7, 11) is 0. The molecule has 0 aliphatic heterocycles. The molecule has 7 nitrogen and oxygen atoms in total. The minimum absolute atomic E-state index is 0.0283. The van der Waals surface area contributed by atoms with Crippen LogP contribution in [0.15, 0.2) is 10.9 Å². The Morgan fingerprint density at radius 3 is 2.90 bits per heavy atom. The Bertz CT molecular complexity index is 607. The monoisotopic (exact) mass is 310 g/mol. The van der Waals surface area contributed by atoms with Crippen LogP contribution in [0.2, 0.25) is 0 Å². The molecule has 0 saturated heterocycles. The van der Waals surface area contributed by atoms with Crippen LogP contribution in [0.1, 0.15) is 36.3 Å². The number of nitrogens with one attached hydrogen (secondary N) is 1. The lowest BCUT2D eigenvalue weighted by Crippen LogP contribution is -2.10. The zero-order chi connectivity index (χ0) is 15.4. The molecule has 0 unspecified atom stereocenters. The molecule has 2 heterocycles. The Labute approximate surface area is 126 Å². The van der Waals surface area contributed by atoms with Crippen molar-refractivity contribution in [2.45, 2.75) is 33.3 Å². The molecule has 0 aromatic carbocycles. The van der Waals surface area contributed by atoms with Gasteiger partial charge in [0.1, 0.15) is 5.00 Å². The van der Waals surface area contributed by atoms with E-state index >= 15 is 0 Å². The van der Waals surface area contributed by atoms with Gasteiger partial charge in [-0.1, -0.05) is 5.16 Å². The summed E-state index contributed by atoms with van der Waals surface area (Å²) in [5.74, 6) is 1.08. The fraction of sp³-hybridized carbons (Fsp3) is 0.462. The summed E-state index contributed by atoms with van der Waals surface area (Å²) in [4.78, 5) is 16.0. The van der Waals surface area contributed by atoms with Gasteiger partial charge >= 0.3 is 0 Å². The zero-order valence-electron chi connectivity index (χ0n) is 12.2. The molecule has 0 fully saturated rings. The third-order valence-electron chi connectivity index (χ3n) is 2.61. The molecule has 0 aliphatic carbocycles. The van der Waals surface area contributed by atoms with Gasteiger partial charge in [-0.25, -0.2) is 0 Å². The second-order valence-electron chi connectivity index (χ2n) is 4.75. The molecule has 21 heavy (non-hydrogen) atoms. The number of hydrogen-bond acceptors (Lipinski definition) is 8. The molecule has 3 N–H and O–H groups in total. The fourth-order valence-corrected chi connectivity index (χ4v) is 2.73. The average molecular weight is 310 g/mol. The lowest BCUT2D eigenvalue weighted by atomic mass is 10.3. The molecule has 0 aliphatic rings. The number of nitrogens with two attached hydrogens (primary N) is 1. The van der Waals surface area contributed by atoms with Crippen molar-refractivity contribution in [1.82, 2.24) is 10.1 Å². The molecule has 8 heteroatoms. The number of ether oxygens (including phenoxy) is 1. The van der Waals surface area contributed by atoms with Crippen molar-refractivity contribution in [3.63, 3.8) is 0 Å². The number of ketones is 1. The van der Waals surface area contributed by atoms with Gasteiger partial charge in [-0.3, -0.25) is 4.79 Å². The highest BCUT2D eigenvalue weighted by Crippen LogP contribution is 2.43. The van der Waals surface area contributed by atoms with Gasteiger partial charge < -0.3 is 20.3 Å². The molecule has 0 amide bonds. The number of carbonyl (C=O) groups is 1. The second kappa shape index (κ2) is 6.57. The maximum atomic E-state index is 11.6. The fourth-order valence-electron chi connectivity index (χ4n) is 1.75. The minimum Gasteiger partial charge on any atom is -0.486 e. The molecule has 2 rings (SSSR count). The van der Waals surface area contributed by atoms with Crippen LogP contribution in [0.3, 0.4) is 0 Å². The van der Waals surface area contributed by atoms with E-state index in [0.717, 1.165) is 5.00 Å². The summed E-state index contributed by atoms with van der Waals surface area (Å²) in [6, 6.07) is 0. The highest BCUT2D eigenvalue weighted by atomic mass is 32.1. The van der Waals surface area contributed by atoms with Gasteiger partial charge in [0, 0.05) is 19.9 Å². The number of thiophene rings is 1. The highest BCUT2D eigenvalue weighted by Gasteiger charge is 2.20. The van der Waals surface area contributed by atoms with E-state index in [-0.39, 0.29) is 11.9 Å². The molecule has 0 saturated carbocycles. The van der Waals surface area contributed by atoms with Crippen LogP contribution in [0, 0.1) is 0 Å². The van der Waals surface area contributed by atoms with E-state index in [4.69, 9.17) is 10.5 Å². The topological polar surface area (TPSA) is 103 Å². The maximum absolute atomic E-state index is 11.6. The smallest absolute Gasteiger partial charge is 0.213 e. The Morgan fingerprint density at radius 1 is 1.57 bits per heavy atom. The number of Topliss-reactive ketones (excluding diaryl/α,β-unsaturated/α-hetero) is 1. The minimum atomic E-state index is -0.0719. The van der Waals surface area contributed by atoms with Crippen molar-refractivity contribution in [2.75, 3.05) is 17.6 Å². The van der Waals surface area contributed by atoms with E-state index in [2.05, 4.69) is 20.0 Å². The van der Waals surface area contributed by atoms with E-state index in [1.807, 2.05) is 13.8 Å². The first kappa shape index (κ1) is 15.3. The average Bonchev–Trinajstić information content (AvgIpc) is 3.01. The molecule has 0 spiro atoms. The second-order valence-corrected chi connectivity index (χ2v) is 5.77. The van der Waals surface area contributed by atoms with Gasteiger partial charge in [0.2, 0.25) is 6.39 Å². The Balaban J connectivity index is 2.12. The van der Waals surface area contributed by atoms with Gasteiger partial charge in [0.05, 0.1) is 16.7 Å². The Kier molecular flexibility index (Phi) is 4.79. The van der Waals surface area contributed by atoms with Gasteiger partial charge in [-0.2, -0.15) is 4.98 Å². The zero-order valence-corrected chi connectivity index (χ0v) is 13.0. The molecule has 114 valence electrons. The van der Waals surface area contributed by atoms with Gasteiger partial charge in [0.25, 0.3) is 0 Å². The first-order valence-electron chi connectivity index (χ1n) is 6.58. The number of hydrogen-bond donors (Lipinski definition) is 2. The number of nitrogens with zero attached hydrogens (tertiary/aromatic N) is 2. The number of anilines is 2. The number of aromatic nitrogens is 2. The van der Waals surface area contributed by atoms with Crippen LogP contribution in [0.4, 0.5) is 10.7 Å². The summed E-state index contributed by atoms with van der Waals surface area (Å²) < 4.78 is 10.4. The number of nitrogen functional groups attached to an aromatic ring is 1. The van der Waals surface area contributed by atoms with Crippen molar-refractivity contribution in [2.24, 2.45) is 0 Å². The largest absolute Gasteiger partial charge is 0.486 e. The van der Waals surface area contributed by atoms with E-state index < -0.39 is 0 Å². The molecule has 0 atom stereocenters. The predicted octanol–water partition coefficient (Wildman–Crippen LogP) is 2.36. The maximum Gasteiger partial charge on any atom is 0.213 e. The molecule has 0 bridgehead atoms. The molecule has 2 aromatic rings. The summed E-state index contributed by atoms with van der Waals surface area (Å²) in [5, 5.41) is 7.69. The molecular formula is C13H18N4O3S. The predicted molar refractivity (Wildman–Crippen MR) is 81.0 cm³/mol. The number of carbonyl (C=O) groups excluding carboxylic acids is 1. The first-order chi connectivity index (χ1) is 9.99. The SMILES string of the molecule is CC(=O)c1sc(NCCc2ncon2)c(OC(C)C)c1N. The summed E-state index contributed by atoms with van der Waals surface area (Å²) >= 11 is 1.30. The van der Waals surface area contributed by atoms with Crippen LogP contribution in [-0.4, -0.2) is 28.6 Å². The van der Waals surface area contributed by atoms with Crippen molar-refractivity contribution in [1.29, 1.82) is 0 Å². The summed E-state index contributed by atoms with van der Waals surface area (Å²) in [6.45, 7) is 5.90. The lowest BCUT2D eigenvalue weighted by molar-refractivity contribution is 0.102. The van der Waals surface area contributed by atoms with Gasteiger partial charge in [-0.15, -0.1) is 11.3 Å². The van der Waals surface area contributed by atoms with Crippen LogP contribution in [0.25, 0.3) is 0 Å².